The SMILES string of the molecule is Cn1cc(NC(=O)c2cnn3ccc(N4C5CC[C@@H]4CNC5)nc23)c(C(F)(F)F)n1. The van der Waals surface area contributed by atoms with Gasteiger partial charge in [0.25, 0.3) is 5.91 Å². The summed E-state index contributed by atoms with van der Waals surface area (Å²) in [7, 11) is 1.36. The second kappa shape index (κ2) is 6.69. The first kappa shape index (κ1) is 18.9. The van der Waals surface area contributed by atoms with Gasteiger partial charge in [-0.15, -0.1) is 0 Å². The lowest BCUT2D eigenvalue weighted by Crippen LogP contribution is -2.52. The van der Waals surface area contributed by atoms with Crippen LogP contribution >= 0.6 is 0 Å². The molecule has 2 bridgehead atoms. The van der Waals surface area contributed by atoms with Gasteiger partial charge >= 0.3 is 6.18 Å². The quantitative estimate of drug-likeness (QED) is 0.670. The molecule has 3 aromatic rings. The minimum Gasteiger partial charge on any atom is -0.348 e. The highest BCUT2D eigenvalue weighted by Crippen LogP contribution is 2.34. The largest absolute Gasteiger partial charge is 0.437 e. The second-order valence-electron chi connectivity index (χ2n) is 7.58. The molecule has 5 heterocycles. The molecule has 12 heteroatoms. The van der Waals surface area contributed by atoms with Gasteiger partial charge in [0, 0.05) is 44.6 Å². The first-order valence-electron chi connectivity index (χ1n) is 9.57. The Bertz CT molecular complexity index is 1100. The first-order chi connectivity index (χ1) is 14.3. The lowest BCUT2D eigenvalue weighted by atomic mass is 10.2. The third-order valence-electron chi connectivity index (χ3n) is 5.59. The number of hydrogen-bond acceptors (Lipinski definition) is 6. The first-order valence-corrected chi connectivity index (χ1v) is 9.57. The van der Waals surface area contributed by atoms with E-state index in [-0.39, 0.29) is 5.56 Å². The number of alkyl halides is 3. The van der Waals surface area contributed by atoms with Crippen molar-refractivity contribution >= 4 is 23.1 Å². The fourth-order valence-corrected chi connectivity index (χ4v) is 4.29. The van der Waals surface area contributed by atoms with Crippen molar-refractivity contribution in [3.8, 4) is 0 Å². The van der Waals surface area contributed by atoms with Crippen molar-refractivity contribution < 1.29 is 18.0 Å². The van der Waals surface area contributed by atoms with Crippen LogP contribution in [0.15, 0.2) is 24.7 Å². The number of aromatic nitrogens is 5. The third kappa shape index (κ3) is 3.07. The van der Waals surface area contributed by atoms with Crippen molar-refractivity contribution in [3.05, 3.63) is 35.9 Å². The average molecular weight is 420 g/mol. The molecule has 30 heavy (non-hydrogen) atoms. The molecule has 2 fully saturated rings. The van der Waals surface area contributed by atoms with Crippen molar-refractivity contribution in [2.75, 3.05) is 23.3 Å². The number of piperazine rings is 1. The van der Waals surface area contributed by atoms with Gasteiger partial charge in [0.2, 0.25) is 0 Å². The van der Waals surface area contributed by atoms with Gasteiger partial charge in [0.1, 0.15) is 11.4 Å². The molecule has 0 radical (unpaired) electrons. The summed E-state index contributed by atoms with van der Waals surface area (Å²) in [6.07, 6.45) is 1.58. The summed E-state index contributed by atoms with van der Waals surface area (Å²) >= 11 is 0. The summed E-state index contributed by atoms with van der Waals surface area (Å²) in [6, 6.07) is 2.52. The fourth-order valence-electron chi connectivity index (χ4n) is 4.29. The maximum atomic E-state index is 13.2. The topological polar surface area (TPSA) is 92.4 Å². The number of nitrogens with zero attached hydrogens (tertiary/aromatic N) is 6. The molecular formula is C18H19F3N8O. The van der Waals surface area contributed by atoms with Crippen LogP contribution in [-0.2, 0) is 13.2 Å². The molecule has 3 aromatic heterocycles. The van der Waals surface area contributed by atoms with Crippen LogP contribution in [0.3, 0.4) is 0 Å². The molecule has 2 aliphatic heterocycles. The monoisotopic (exact) mass is 420 g/mol. The molecule has 2 saturated heterocycles. The van der Waals surface area contributed by atoms with E-state index in [0.29, 0.717) is 17.7 Å². The van der Waals surface area contributed by atoms with Gasteiger partial charge in [0.05, 0.1) is 11.9 Å². The van der Waals surface area contributed by atoms with Crippen molar-refractivity contribution in [3.63, 3.8) is 0 Å². The van der Waals surface area contributed by atoms with Crippen LogP contribution < -0.4 is 15.5 Å². The molecule has 2 atom stereocenters. The van der Waals surface area contributed by atoms with Crippen LogP contribution in [0.2, 0.25) is 0 Å². The van der Waals surface area contributed by atoms with Gasteiger partial charge in [0.15, 0.2) is 11.3 Å². The Morgan fingerprint density at radius 2 is 2.00 bits per heavy atom. The number of carbonyl (C=O) groups excluding carboxylic acids is 1. The summed E-state index contributed by atoms with van der Waals surface area (Å²) < 4.78 is 42.0. The van der Waals surface area contributed by atoms with Gasteiger partial charge < -0.3 is 15.5 Å². The highest BCUT2D eigenvalue weighted by Gasteiger charge is 2.39. The Morgan fingerprint density at radius 3 is 2.70 bits per heavy atom. The van der Waals surface area contributed by atoms with E-state index < -0.39 is 23.5 Å². The van der Waals surface area contributed by atoms with E-state index in [1.165, 1.54) is 17.8 Å². The lowest BCUT2D eigenvalue weighted by molar-refractivity contribution is -0.140. The van der Waals surface area contributed by atoms with Crippen molar-refractivity contribution in [1.82, 2.24) is 29.7 Å². The Labute approximate surface area is 168 Å². The smallest absolute Gasteiger partial charge is 0.348 e. The normalized spacial score (nSPS) is 21.4. The molecule has 0 aliphatic carbocycles. The molecule has 2 N–H and O–H groups in total. The van der Waals surface area contributed by atoms with E-state index in [1.54, 1.807) is 6.20 Å². The maximum absolute atomic E-state index is 13.2. The summed E-state index contributed by atoms with van der Waals surface area (Å²) in [5, 5.41) is 13.2. The highest BCUT2D eigenvalue weighted by atomic mass is 19.4. The predicted octanol–water partition coefficient (Wildman–Crippen LogP) is 1.67. The minimum absolute atomic E-state index is 0.0938. The highest BCUT2D eigenvalue weighted by molar-refractivity contribution is 6.08. The van der Waals surface area contributed by atoms with Crippen LogP contribution in [0, 0.1) is 0 Å². The van der Waals surface area contributed by atoms with E-state index in [2.05, 4.69) is 30.7 Å². The van der Waals surface area contributed by atoms with E-state index in [4.69, 9.17) is 0 Å². The number of fused-ring (bicyclic) bond motifs is 3. The molecule has 1 amide bonds. The number of amides is 1. The molecule has 2 aliphatic rings. The number of hydrogen-bond donors (Lipinski definition) is 2. The van der Waals surface area contributed by atoms with Gasteiger partial charge in [-0.1, -0.05) is 0 Å². The third-order valence-corrected chi connectivity index (χ3v) is 5.59. The predicted molar refractivity (Wildman–Crippen MR) is 101 cm³/mol. The Morgan fingerprint density at radius 1 is 1.27 bits per heavy atom. The van der Waals surface area contributed by atoms with Crippen LogP contribution in [0.25, 0.3) is 5.65 Å². The van der Waals surface area contributed by atoms with Gasteiger partial charge in [-0.3, -0.25) is 9.48 Å². The zero-order chi connectivity index (χ0) is 21.0. The van der Waals surface area contributed by atoms with E-state index in [9.17, 15) is 18.0 Å². The van der Waals surface area contributed by atoms with Crippen molar-refractivity contribution in [1.29, 1.82) is 0 Å². The maximum Gasteiger partial charge on any atom is 0.437 e. The molecule has 0 saturated carbocycles. The Balaban J connectivity index is 1.47. The van der Waals surface area contributed by atoms with Gasteiger partial charge in [-0.2, -0.15) is 23.4 Å². The molecule has 5 rings (SSSR count). The number of carbonyl (C=O) groups is 1. The van der Waals surface area contributed by atoms with E-state index >= 15 is 0 Å². The summed E-state index contributed by atoms with van der Waals surface area (Å²) in [4.78, 5) is 19.7. The standard InChI is InChI=1S/C18H19F3N8O/c1-27-9-13(15(26-27)18(19,20)21)24-17(30)12-8-23-28-5-4-14(25-16(12)28)29-10-2-3-11(29)7-22-6-10/h4-5,8-11,22H,2-3,6-7H2,1H3,(H,24,30)/t10-,11?/m1/s1. The number of rotatable bonds is 3. The van der Waals surface area contributed by atoms with E-state index in [1.807, 2.05) is 6.07 Å². The molecule has 158 valence electrons. The Kier molecular flexibility index (Phi) is 4.20. The summed E-state index contributed by atoms with van der Waals surface area (Å²) in [5.41, 5.74) is -1.18. The van der Waals surface area contributed by atoms with Crippen LogP contribution in [0.5, 0.6) is 0 Å². The molecule has 0 aromatic carbocycles. The summed E-state index contributed by atoms with van der Waals surface area (Å²) in [6.45, 7) is 1.74. The van der Waals surface area contributed by atoms with Crippen LogP contribution in [-0.4, -0.2) is 55.5 Å². The number of aryl methyl sites for hydroxylation is 1. The lowest BCUT2D eigenvalue weighted by Gasteiger charge is -2.36. The number of nitrogens with one attached hydrogen (secondary N) is 2. The van der Waals surface area contributed by atoms with E-state index in [0.717, 1.165) is 42.6 Å². The zero-order valence-electron chi connectivity index (χ0n) is 16.0. The zero-order valence-corrected chi connectivity index (χ0v) is 16.0. The van der Waals surface area contributed by atoms with Crippen molar-refractivity contribution in [2.45, 2.75) is 31.1 Å². The van der Waals surface area contributed by atoms with Crippen LogP contribution in [0.4, 0.5) is 24.7 Å². The van der Waals surface area contributed by atoms with Crippen LogP contribution in [0.1, 0.15) is 28.9 Å². The molecular weight excluding hydrogens is 401 g/mol. The second-order valence-corrected chi connectivity index (χ2v) is 7.58. The van der Waals surface area contributed by atoms with Crippen molar-refractivity contribution in [2.24, 2.45) is 7.05 Å². The molecule has 9 nitrogen and oxygen atoms in total. The fraction of sp³-hybridized carbons (Fsp3) is 0.444. The molecule has 1 unspecified atom stereocenters. The minimum atomic E-state index is -4.68. The van der Waals surface area contributed by atoms with Gasteiger partial charge in [-0.05, 0) is 18.9 Å². The number of anilines is 2. The molecule has 0 spiro atoms. The number of halogens is 3. The average Bonchev–Trinajstić information content (AvgIpc) is 3.34. The summed E-state index contributed by atoms with van der Waals surface area (Å²) in [5.74, 6) is 0.0137. The van der Waals surface area contributed by atoms with Gasteiger partial charge in [-0.25, -0.2) is 9.50 Å². The Hall–Kier alpha value is -3.15.